The van der Waals surface area contributed by atoms with Gasteiger partial charge in [-0.1, -0.05) is 25.1 Å². The summed E-state index contributed by atoms with van der Waals surface area (Å²) in [5.74, 6) is -0.251. The van der Waals surface area contributed by atoms with Gasteiger partial charge in [0.05, 0.1) is 17.7 Å². The molecule has 0 aliphatic heterocycles. The molecule has 11 heteroatoms. The molecule has 2 unspecified atom stereocenters. The van der Waals surface area contributed by atoms with Crippen LogP contribution in [-0.2, 0) is 25.2 Å². The Balaban J connectivity index is 0.00000258. The molecule has 0 amide bonds. The maximum absolute atomic E-state index is 13.4. The van der Waals surface area contributed by atoms with E-state index in [0.29, 0.717) is 36.8 Å². The highest BCUT2D eigenvalue weighted by atomic mass is 31.0. The first-order valence-electron chi connectivity index (χ1n) is 10.5. The number of ether oxygens (including phenoxy) is 1. The first-order chi connectivity index (χ1) is 16.0. The quantitative estimate of drug-likeness (QED) is 0.225. The summed E-state index contributed by atoms with van der Waals surface area (Å²) in [7, 11) is 2.42. The third kappa shape index (κ3) is 11.5. The van der Waals surface area contributed by atoms with E-state index in [-0.39, 0.29) is 18.4 Å². The Morgan fingerprint density at radius 1 is 0.882 bits per heavy atom. The fraction of sp³-hybridized carbons (Fsp3) is 0.478. The zero-order valence-electron chi connectivity index (χ0n) is 19.1. The average molecular weight is 515 g/mol. The molecule has 2 atom stereocenters. The van der Waals surface area contributed by atoms with Gasteiger partial charge in [0.25, 0.3) is 0 Å². The molecule has 0 bridgehead atoms. The van der Waals surface area contributed by atoms with E-state index in [9.17, 15) is 26.3 Å². The molecule has 4 nitrogen and oxygen atoms in total. The van der Waals surface area contributed by atoms with E-state index in [1.807, 2.05) is 6.92 Å². The van der Waals surface area contributed by atoms with Crippen molar-refractivity contribution in [2.45, 2.75) is 57.4 Å². The number of aliphatic hydroxyl groups excluding tert-OH is 1. The van der Waals surface area contributed by atoms with Crippen LogP contribution < -0.4 is 10.5 Å². The Labute approximate surface area is 198 Å². The summed E-state index contributed by atoms with van der Waals surface area (Å²) in [5.41, 5.74) is 5.46. The average Bonchev–Trinajstić information content (AvgIpc) is 2.82. The number of benzene rings is 2. The Morgan fingerprint density at radius 3 is 1.94 bits per heavy atom. The van der Waals surface area contributed by atoms with E-state index in [1.165, 1.54) is 27.7 Å². The summed E-state index contributed by atoms with van der Waals surface area (Å²) in [6.07, 6.45) is -6.38. The molecule has 4 N–H and O–H groups in total. The number of rotatable bonds is 9. The fourth-order valence-electron chi connectivity index (χ4n) is 2.96. The van der Waals surface area contributed by atoms with Gasteiger partial charge in [-0.15, -0.1) is 0 Å². The monoisotopic (exact) mass is 515 g/mol. The number of alkyl halides is 6. The molecular formula is C23H32F6NO3P. The van der Waals surface area contributed by atoms with E-state index in [4.69, 9.17) is 20.5 Å². The van der Waals surface area contributed by atoms with Gasteiger partial charge in [0.1, 0.15) is 5.75 Å². The maximum Gasteiger partial charge on any atom is 0.419 e. The smallest absolute Gasteiger partial charge is 0.419 e. The predicted octanol–water partition coefficient (Wildman–Crippen LogP) is 5.78. The van der Waals surface area contributed by atoms with Crippen molar-refractivity contribution in [3.05, 3.63) is 64.7 Å². The number of hydrogen-bond acceptors (Lipinski definition) is 4. The largest absolute Gasteiger partial charge is 0.493 e. The van der Waals surface area contributed by atoms with Crippen LogP contribution in [0.4, 0.5) is 26.3 Å². The second kappa shape index (κ2) is 15.9. The van der Waals surface area contributed by atoms with E-state index < -0.39 is 23.5 Å². The highest BCUT2D eigenvalue weighted by molar-refractivity contribution is 7.08. The van der Waals surface area contributed by atoms with Crippen molar-refractivity contribution >= 4 is 9.47 Å². The summed E-state index contributed by atoms with van der Waals surface area (Å²) in [6.45, 7) is 1.94. The lowest BCUT2D eigenvalue weighted by Gasteiger charge is -2.16. The predicted molar refractivity (Wildman–Crippen MR) is 123 cm³/mol. The van der Waals surface area contributed by atoms with Crippen LogP contribution in [0, 0.1) is 0 Å². The zero-order chi connectivity index (χ0) is 26.4. The summed E-state index contributed by atoms with van der Waals surface area (Å²) in [6, 6.07) is 8.65. The van der Waals surface area contributed by atoms with Crippen LogP contribution in [0.15, 0.2) is 42.5 Å². The van der Waals surface area contributed by atoms with E-state index >= 15 is 0 Å². The van der Waals surface area contributed by atoms with Crippen LogP contribution in [0.3, 0.4) is 0 Å². The minimum absolute atomic E-state index is 0.0180. The lowest BCUT2D eigenvalue weighted by molar-refractivity contribution is -0.139. The van der Waals surface area contributed by atoms with Crippen LogP contribution in [0.2, 0.25) is 0 Å². The van der Waals surface area contributed by atoms with Crippen LogP contribution in [-0.4, -0.2) is 29.8 Å². The van der Waals surface area contributed by atoms with Crippen LogP contribution >= 0.6 is 9.47 Å². The van der Waals surface area contributed by atoms with Crippen LogP contribution in [0.1, 0.15) is 48.4 Å². The molecule has 0 saturated heterocycles. The van der Waals surface area contributed by atoms with Crippen molar-refractivity contribution in [2.75, 3.05) is 13.7 Å². The molecule has 194 valence electrons. The summed E-state index contributed by atoms with van der Waals surface area (Å²) in [5, 5.41) is 7.00. The van der Waals surface area contributed by atoms with E-state index in [2.05, 4.69) is 0 Å². The van der Waals surface area contributed by atoms with Gasteiger partial charge in [-0.2, -0.15) is 26.3 Å². The molecule has 0 aliphatic rings. The molecular weight excluding hydrogens is 483 g/mol. The Hall–Kier alpha value is -1.87. The summed E-state index contributed by atoms with van der Waals surface area (Å²) < 4.78 is 83.2. The number of hydrogen-bond donors (Lipinski definition) is 3. The second-order valence-electron chi connectivity index (χ2n) is 7.18. The number of halogens is 6. The lowest BCUT2D eigenvalue weighted by Crippen LogP contribution is -2.19. The number of nitrogens with two attached hydrogens (primary N) is 1. The highest BCUT2D eigenvalue weighted by Crippen LogP contribution is 2.37. The molecule has 2 aromatic rings. The van der Waals surface area contributed by atoms with Gasteiger partial charge in [-0.3, -0.25) is 0 Å². The third-order valence-electron chi connectivity index (χ3n) is 4.83. The van der Waals surface area contributed by atoms with Gasteiger partial charge in [0, 0.05) is 13.2 Å². The van der Waals surface area contributed by atoms with Gasteiger partial charge in [0.15, 0.2) is 0 Å². The molecule has 34 heavy (non-hydrogen) atoms. The number of aryl methyl sites for hydroxylation is 2. The highest BCUT2D eigenvalue weighted by Gasteiger charge is 2.34. The number of aliphatic hydroxyl groups is 1. The molecule has 0 saturated carbocycles. The van der Waals surface area contributed by atoms with Crippen LogP contribution in [0.25, 0.3) is 0 Å². The van der Waals surface area contributed by atoms with Crippen molar-refractivity contribution in [3.8, 4) is 5.75 Å². The minimum atomic E-state index is -4.55. The Morgan fingerprint density at radius 2 is 1.44 bits per heavy atom. The lowest BCUT2D eigenvalue weighted by atomic mass is 10.0. The fourth-order valence-corrected chi connectivity index (χ4v) is 2.96. The van der Waals surface area contributed by atoms with Gasteiger partial charge in [0.2, 0.25) is 0 Å². The molecule has 2 rings (SSSR count). The Bertz CT molecular complexity index is 814. The van der Waals surface area contributed by atoms with Crippen molar-refractivity contribution in [1.29, 1.82) is 0 Å². The first-order valence-corrected chi connectivity index (χ1v) is 11.0. The van der Waals surface area contributed by atoms with E-state index in [1.54, 1.807) is 6.07 Å². The Kier molecular flexibility index (Phi) is 15.0. The summed E-state index contributed by atoms with van der Waals surface area (Å²) in [4.78, 5) is 6.92. The van der Waals surface area contributed by atoms with E-state index in [0.717, 1.165) is 31.7 Å². The zero-order valence-corrected chi connectivity index (χ0v) is 20.2. The van der Waals surface area contributed by atoms with Gasteiger partial charge in [-0.25, -0.2) is 0 Å². The third-order valence-corrected chi connectivity index (χ3v) is 4.83. The molecule has 0 fully saturated rings. The molecule has 2 aromatic carbocycles. The van der Waals surface area contributed by atoms with Crippen molar-refractivity contribution in [3.63, 3.8) is 0 Å². The normalized spacial score (nSPS) is 12.1. The molecule has 0 aliphatic carbocycles. The van der Waals surface area contributed by atoms with Crippen molar-refractivity contribution in [1.82, 2.24) is 0 Å². The summed E-state index contributed by atoms with van der Waals surface area (Å²) >= 11 is 0. The minimum Gasteiger partial charge on any atom is -0.493 e. The topological polar surface area (TPSA) is 75.7 Å². The van der Waals surface area contributed by atoms with Gasteiger partial charge < -0.3 is 20.5 Å². The van der Waals surface area contributed by atoms with Crippen molar-refractivity contribution < 1.29 is 41.1 Å². The van der Waals surface area contributed by atoms with Crippen molar-refractivity contribution in [2.24, 2.45) is 5.73 Å². The van der Waals surface area contributed by atoms with Gasteiger partial charge in [-0.05, 0) is 77.0 Å². The first kappa shape index (κ1) is 32.1. The molecule has 0 radical (unpaired) electrons. The molecule has 0 spiro atoms. The molecule has 0 heterocycles. The second-order valence-corrected chi connectivity index (χ2v) is 7.18. The van der Waals surface area contributed by atoms with Crippen LogP contribution in [0.5, 0.6) is 5.75 Å². The van der Waals surface area contributed by atoms with Gasteiger partial charge >= 0.3 is 12.4 Å². The SMILES string of the molecule is CCC(N)CCc1ccc(OCCCc2ccc(C(F)(F)F)cc2)c(C(F)(F)F)c1.CO.OP. The molecule has 0 aromatic heterocycles. The maximum atomic E-state index is 13.4. The standard InChI is InChI=1S/C22H25F6NO.CH4O.H3OP/c1-2-18(29)11-7-16-8-12-20(19(14-16)22(26,27)28)30-13-3-4-15-5-9-17(10-6-15)21(23,24)25;2*1-2/h5-6,8-10,12,14,18H,2-4,7,11,13,29H2,1H3;2H,1H3;1H,2H2.